The normalized spacial score (nSPS) is 13.6. The fraction of sp³-hybridized carbons (Fsp3) is 0.293. The van der Waals surface area contributed by atoms with Crippen molar-refractivity contribution < 1.29 is 46.1 Å². The third kappa shape index (κ3) is 6.49. The van der Waals surface area contributed by atoms with Crippen LogP contribution in [-0.4, -0.2) is 3.21 Å². The van der Waals surface area contributed by atoms with Crippen LogP contribution in [0.25, 0.3) is 11.1 Å². The second-order valence-electron chi connectivity index (χ2n) is 12.6. The van der Waals surface area contributed by atoms with Crippen LogP contribution in [0.1, 0.15) is 85.0 Å². The van der Waals surface area contributed by atoms with Crippen LogP contribution in [0.15, 0.2) is 118 Å². The van der Waals surface area contributed by atoms with E-state index in [-0.39, 0.29) is 24.8 Å². The van der Waals surface area contributed by atoms with Gasteiger partial charge in [-0.2, -0.15) is 0 Å². The van der Waals surface area contributed by atoms with Gasteiger partial charge in [-0.1, -0.05) is 0 Å². The predicted molar refractivity (Wildman–Crippen MR) is 178 cm³/mol. The van der Waals surface area contributed by atoms with Crippen LogP contribution in [0.2, 0.25) is 0 Å². The molecule has 0 N–H and O–H groups in total. The largest absolute Gasteiger partial charge is 1.00 e. The Morgan fingerprint density at radius 1 is 0.659 bits per heavy atom. The Hall–Kier alpha value is -2.31. The zero-order valence-electron chi connectivity index (χ0n) is 26.9. The molecular formula is C41H44Cl2Zr. The minimum atomic E-state index is -2.77. The summed E-state index contributed by atoms with van der Waals surface area (Å²) in [6, 6.07) is 37.6. The Balaban J connectivity index is 0.00000221. The second-order valence-corrected chi connectivity index (χ2v) is 18.8. The molecule has 0 fully saturated rings. The zero-order chi connectivity index (χ0) is 29.4. The summed E-state index contributed by atoms with van der Waals surface area (Å²) in [6.07, 6.45) is 5.90. The summed E-state index contributed by atoms with van der Waals surface area (Å²) in [7, 11) is 0. The van der Waals surface area contributed by atoms with Crippen molar-refractivity contribution in [2.75, 3.05) is 0 Å². The average molecular weight is 699 g/mol. The molecule has 4 aromatic rings. The van der Waals surface area contributed by atoms with Crippen LogP contribution in [-0.2, 0) is 34.1 Å². The zero-order valence-corrected chi connectivity index (χ0v) is 30.9. The molecule has 0 atom stereocenters. The van der Waals surface area contributed by atoms with Crippen LogP contribution < -0.4 is 24.8 Å². The van der Waals surface area contributed by atoms with E-state index in [9.17, 15) is 0 Å². The average Bonchev–Trinajstić information content (AvgIpc) is 3.60. The molecule has 0 nitrogen and oxygen atoms in total. The molecule has 0 unspecified atom stereocenters. The fourth-order valence-electron chi connectivity index (χ4n) is 7.05. The quantitative estimate of drug-likeness (QED) is 0.251. The first-order chi connectivity index (χ1) is 20.4. The maximum Gasteiger partial charge on any atom is -1.00 e. The van der Waals surface area contributed by atoms with Gasteiger partial charge < -0.3 is 24.8 Å². The maximum absolute atomic E-state index is 2.77. The molecule has 0 bridgehead atoms. The SMILES string of the molecule is CCc1ccc2c(c1)[CH]([Zr+2]([C]1=C(C(C)C)C=C(C(C)C)C1)=[C](c1ccccc1)c1ccccc1)c1cc(CC)ccc1-2.[Cl-].[Cl-]. The molecule has 0 spiro atoms. The van der Waals surface area contributed by atoms with E-state index < -0.39 is 21.3 Å². The van der Waals surface area contributed by atoms with Crippen molar-refractivity contribution in [2.45, 2.75) is 64.4 Å². The van der Waals surface area contributed by atoms with Gasteiger partial charge in [0.15, 0.2) is 0 Å². The van der Waals surface area contributed by atoms with Gasteiger partial charge in [0.1, 0.15) is 0 Å². The van der Waals surface area contributed by atoms with Gasteiger partial charge in [0.2, 0.25) is 0 Å². The van der Waals surface area contributed by atoms with Crippen LogP contribution >= 0.6 is 0 Å². The van der Waals surface area contributed by atoms with Crippen molar-refractivity contribution in [1.29, 1.82) is 0 Å². The number of hydrogen-bond donors (Lipinski definition) is 0. The van der Waals surface area contributed by atoms with Gasteiger partial charge in [0.25, 0.3) is 0 Å². The Morgan fingerprint density at radius 2 is 1.14 bits per heavy atom. The van der Waals surface area contributed by atoms with Crippen LogP contribution in [0.3, 0.4) is 0 Å². The van der Waals surface area contributed by atoms with Gasteiger partial charge in [-0.15, -0.1) is 0 Å². The minimum absolute atomic E-state index is 0. The van der Waals surface area contributed by atoms with E-state index in [1.54, 1.807) is 25.5 Å². The maximum atomic E-state index is 2.61. The fourth-order valence-corrected chi connectivity index (χ4v) is 17.0. The molecule has 2 aliphatic rings. The Labute approximate surface area is 285 Å². The molecule has 0 aromatic heterocycles. The molecule has 0 saturated heterocycles. The summed E-state index contributed by atoms with van der Waals surface area (Å²) in [5.41, 5.74) is 15.1. The van der Waals surface area contributed by atoms with Crippen molar-refractivity contribution in [3.63, 3.8) is 0 Å². The second kappa shape index (κ2) is 14.9. The number of rotatable bonds is 8. The Bertz CT molecular complexity index is 1610. The number of fused-ring (bicyclic) bond motifs is 3. The molecule has 0 heterocycles. The summed E-state index contributed by atoms with van der Waals surface area (Å²) >= 11 is -2.77. The van der Waals surface area contributed by atoms with E-state index in [2.05, 4.69) is 145 Å². The van der Waals surface area contributed by atoms with Crippen molar-refractivity contribution in [3.8, 4) is 11.1 Å². The summed E-state index contributed by atoms with van der Waals surface area (Å²) < 4.78 is 3.92. The first-order valence-electron chi connectivity index (χ1n) is 16.0. The van der Waals surface area contributed by atoms with E-state index in [1.165, 1.54) is 33.4 Å². The molecule has 0 saturated carbocycles. The number of hydrogen-bond acceptors (Lipinski definition) is 0. The molecule has 0 amide bonds. The third-order valence-electron chi connectivity index (χ3n) is 9.40. The summed E-state index contributed by atoms with van der Waals surface area (Å²) in [4.78, 5) is 0. The first-order valence-corrected chi connectivity index (χ1v) is 19.8. The minimum Gasteiger partial charge on any atom is -1.00 e. The number of aryl methyl sites for hydroxylation is 2. The topological polar surface area (TPSA) is 0 Å². The third-order valence-corrected chi connectivity index (χ3v) is 17.8. The molecule has 0 aliphatic heterocycles. The van der Waals surface area contributed by atoms with Crippen LogP contribution in [0.4, 0.5) is 0 Å². The van der Waals surface area contributed by atoms with Gasteiger partial charge in [-0.25, -0.2) is 0 Å². The van der Waals surface area contributed by atoms with Crippen molar-refractivity contribution in [3.05, 3.63) is 151 Å². The number of halogens is 2. The number of allylic oxidation sites excluding steroid dienone is 4. The Morgan fingerprint density at radius 3 is 1.55 bits per heavy atom. The summed E-state index contributed by atoms with van der Waals surface area (Å²) in [5.74, 6) is 1.09. The molecule has 4 aromatic carbocycles. The van der Waals surface area contributed by atoms with E-state index >= 15 is 0 Å². The summed E-state index contributed by atoms with van der Waals surface area (Å²) in [5, 5.41) is 0. The molecule has 44 heavy (non-hydrogen) atoms. The molecule has 226 valence electrons. The van der Waals surface area contributed by atoms with Crippen molar-refractivity contribution in [2.24, 2.45) is 11.8 Å². The molecule has 0 radical (unpaired) electrons. The van der Waals surface area contributed by atoms with Gasteiger partial charge in [-0.05, 0) is 0 Å². The first kappa shape index (κ1) is 34.6. The van der Waals surface area contributed by atoms with E-state index in [0.717, 1.165) is 19.3 Å². The van der Waals surface area contributed by atoms with Gasteiger partial charge in [-0.3, -0.25) is 0 Å². The van der Waals surface area contributed by atoms with E-state index in [0.29, 0.717) is 15.5 Å². The van der Waals surface area contributed by atoms with Crippen molar-refractivity contribution >= 4 is 3.21 Å². The van der Waals surface area contributed by atoms with Gasteiger partial charge >= 0.3 is 263 Å². The monoisotopic (exact) mass is 696 g/mol. The van der Waals surface area contributed by atoms with Crippen LogP contribution in [0, 0.1) is 11.8 Å². The summed E-state index contributed by atoms with van der Waals surface area (Å²) in [6.45, 7) is 14.2. The molecule has 3 heteroatoms. The number of benzene rings is 4. The van der Waals surface area contributed by atoms with E-state index in [1.807, 2.05) is 3.28 Å². The Kier molecular flexibility index (Phi) is 11.7. The standard InChI is InChI=1S/C17H17.C13H10.C11H17.2ClH.Zr/c1-3-12-5-7-16-14(9-12)11-15-10-13(4-2)6-8-17(15)16;1-3-7-12(8-4-1)11-13-9-5-2-6-10-13;1-8(2)10-5-6-11(7-10)9(3)4;;;/h5-11H,3-4H2,1-2H3;1-10H;7-9H,5H2,1-4H3;2*1H;/q;;;;;+2/p-2. The predicted octanol–water partition coefficient (Wildman–Crippen LogP) is 4.67. The molecule has 2 aliphatic carbocycles. The van der Waals surface area contributed by atoms with Crippen molar-refractivity contribution in [1.82, 2.24) is 0 Å². The van der Waals surface area contributed by atoms with E-state index in [4.69, 9.17) is 0 Å². The smallest absolute Gasteiger partial charge is 1.00 e. The van der Waals surface area contributed by atoms with Crippen LogP contribution in [0.5, 0.6) is 0 Å². The van der Waals surface area contributed by atoms with Gasteiger partial charge in [0, 0.05) is 0 Å². The van der Waals surface area contributed by atoms with Gasteiger partial charge in [0.05, 0.1) is 0 Å². The molecular weight excluding hydrogens is 655 g/mol. The molecule has 6 rings (SSSR count).